The zero-order valence-corrected chi connectivity index (χ0v) is 15.8. The molecule has 1 aliphatic rings. The molecule has 3 rings (SSSR count). The Kier molecular flexibility index (Phi) is 5.62. The lowest BCUT2D eigenvalue weighted by Crippen LogP contribution is -2.40. The summed E-state index contributed by atoms with van der Waals surface area (Å²) >= 11 is 6.07. The van der Waals surface area contributed by atoms with E-state index in [0.29, 0.717) is 37.0 Å². The number of amides is 1. The fourth-order valence-corrected chi connectivity index (χ4v) is 4.24. The molecule has 1 aliphatic heterocycles. The van der Waals surface area contributed by atoms with Crippen molar-refractivity contribution in [3.8, 4) is 0 Å². The monoisotopic (exact) mass is 394 g/mol. The molecule has 1 saturated heterocycles. The molecule has 1 N–H and O–H groups in total. The molecule has 26 heavy (non-hydrogen) atoms. The number of hydrogen-bond donors (Lipinski definition) is 1. The normalized spacial score (nSPS) is 15.6. The number of anilines is 1. The van der Waals surface area contributed by atoms with Gasteiger partial charge in [-0.1, -0.05) is 23.7 Å². The number of nitrogens with one attached hydrogen (secondary N) is 1. The van der Waals surface area contributed by atoms with Gasteiger partial charge in [0.05, 0.1) is 18.1 Å². The molecule has 1 heterocycles. The van der Waals surface area contributed by atoms with Gasteiger partial charge in [-0.2, -0.15) is 4.31 Å². The van der Waals surface area contributed by atoms with E-state index in [2.05, 4.69) is 5.32 Å². The summed E-state index contributed by atoms with van der Waals surface area (Å²) in [6.45, 7) is 3.22. The SMILES string of the molecule is Cc1ccc(NC(=O)c2cccc(S(=O)(=O)N3CCOCC3)c2)cc1Cl. The maximum atomic E-state index is 12.7. The van der Waals surface area contributed by atoms with Crippen molar-refractivity contribution in [1.82, 2.24) is 4.31 Å². The zero-order valence-electron chi connectivity index (χ0n) is 14.2. The number of sulfonamides is 1. The number of hydrogen-bond acceptors (Lipinski definition) is 4. The van der Waals surface area contributed by atoms with Gasteiger partial charge in [-0.15, -0.1) is 0 Å². The van der Waals surface area contributed by atoms with Crippen LogP contribution in [0.25, 0.3) is 0 Å². The third-order valence-corrected chi connectivity index (χ3v) is 6.44. The topological polar surface area (TPSA) is 75.7 Å². The van der Waals surface area contributed by atoms with Gasteiger partial charge < -0.3 is 10.1 Å². The number of carbonyl (C=O) groups is 1. The first kappa shape index (κ1) is 18.8. The number of halogens is 1. The molecule has 0 saturated carbocycles. The second kappa shape index (κ2) is 7.75. The lowest BCUT2D eigenvalue weighted by atomic mass is 10.2. The highest BCUT2D eigenvalue weighted by molar-refractivity contribution is 7.89. The predicted molar refractivity (Wildman–Crippen MR) is 100 cm³/mol. The molecule has 138 valence electrons. The lowest BCUT2D eigenvalue weighted by Gasteiger charge is -2.26. The molecular weight excluding hydrogens is 376 g/mol. The van der Waals surface area contributed by atoms with Gasteiger partial charge in [-0.05, 0) is 42.8 Å². The Morgan fingerprint density at radius 1 is 1.15 bits per heavy atom. The number of benzene rings is 2. The van der Waals surface area contributed by atoms with Crippen LogP contribution in [0.3, 0.4) is 0 Å². The van der Waals surface area contributed by atoms with E-state index in [4.69, 9.17) is 16.3 Å². The van der Waals surface area contributed by atoms with Crippen LogP contribution in [0.4, 0.5) is 5.69 Å². The molecule has 0 unspecified atom stereocenters. The third-order valence-electron chi connectivity index (χ3n) is 4.13. The summed E-state index contributed by atoms with van der Waals surface area (Å²) in [5, 5.41) is 3.28. The number of rotatable bonds is 4. The number of aryl methyl sites for hydroxylation is 1. The van der Waals surface area contributed by atoms with Crippen molar-refractivity contribution < 1.29 is 17.9 Å². The standard InChI is InChI=1S/C18H19ClN2O4S/c1-13-5-6-15(12-17(13)19)20-18(22)14-3-2-4-16(11-14)26(23,24)21-7-9-25-10-8-21/h2-6,11-12H,7-10H2,1H3,(H,20,22). The lowest BCUT2D eigenvalue weighted by molar-refractivity contribution is 0.0730. The maximum Gasteiger partial charge on any atom is 0.255 e. The highest BCUT2D eigenvalue weighted by atomic mass is 35.5. The van der Waals surface area contributed by atoms with E-state index in [0.717, 1.165) is 5.56 Å². The first-order chi connectivity index (χ1) is 12.4. The molecule has 8 heteroatoms. The number of nitrogens with zero attached hydrogens (tertiary/aromatic N) is 1. The van der Waals surface area contributed by atoms with E-state index >= 15 is 0 Å². The van der Waals surface area contributed by atoms with Crippen LogP contribution >= 0.6 is 11.6 Å². The molecule has 2 aromatic rings. The van der Waals surface area contributed by atoms with E-state index in [1.54, 1.807) is 30.3 Å². The van der Waals surface area contributed by atoms with Crippen molar-refractivity contribution in [2.45, 2.75) is 11.8 Å². The van der Waals surface area contributed by atoms with Gasteiger partial charge in [0.25, 0.3) is 5.91 Å². The van der Waals surface area contributed by atoms with Crippen LogP contribution in [0.15, 0.2) is 47.4 Å². The quantitative estimate of drug-likeness (QED) is 0.865. The molecule has 1 amide bonds. The van der Waals surface area contributed by atoms with E-state index in [-0.39, 0.29) is 10.5 Å². The van der Waals surface area contributed by atoms with Crippen LogP contribution in [0.1, 0.15) is 15.9 Å². The molecular formula is C18H19ClN2O4S. The van der Waals surface area contributed by atoms with E-state index < -0.39 is 15.9 Å². The van der Waals surface area contributed by atoms with Crippen molar-refractivity contribution in [3.05, 3.63) is 58.6 Å². The minimum atomic E-state index is -3.65. The fourth-order valence-electron chi connectivity index (χ4n) is 2.61. The van der Waals surface area contributed by atoms with Gasteiger partial charge in [0.2, 0.25) is 10.0 Å². The Balaban J connectivity index is 1.82. The second-order valence-electron chi connectivity index (χ2n) is 5.96. The van der Waals surface area contributed by atoms with Gasteiger partial charge in [0.15, 0.2) is 0 Å². The molecule has 0 aliphatic carbocycles. The molecule has 0 aromatic heterocycles. The minimum Gasteiger partial charge on any atom is -0.379 e. The Hall–Kier alpha value is -1.93. The average molecular weight is 395 g/mol. The van der Waals surface area contributed by atoms with Crippen molar-refractivity contribution in [2.24, 2.45) is 0 Å². The first-order valence-corrected chi connectivity index (χ1v) is 9.95. The van der Waals surface area contributed by atoms with Crippen molar-refractivity contribution in [2.75, 3.05) is 31.6 Å². The highest BCUT2D eigenvalue weighted by Gasteiger charge is 2.26. The maximum absolute atomic E-state index is 12.7. The zero-order chi connectivity index (χ0) is 18.7. The molecule has 0 radical (unpaired) electrons. The number of morpholine rings is 1. The Bertz CT molecular complexity index is 925. The molecule has 6 nitrogen and oxygen atoms in total. The second-order valence-corrected chi connectivity index (χ2v) is 8.31. The van der Waals surface area contributed by atoms with E-state index in [1.807, 2.05) is 6.92 Å². The summed E-state index contributed by atoms with van der Waals surface area (Å²) in [6, 6.07) is 11.2. The van der Waals surface area contributed by atoms with E-state index in [1.165, 1.54) is 16.4 Å². The summed E-state index contributed by atoms with van der Waals surface area (Å²) in [5.41, 5.74) is 1.71. The third kappa shape index (κ3) is 4.07. The summed E-state index contributed by atoms with van der Waals surface area (Å²) in [4.78, 5) is 12.6. The van der Waals surface area contributed by atoms with Crippen LogP contribution in [-0.2, 0) is 14.8 Å². The summed E-state index contributed by atoms with van der Waals surface area (Å²) in [5.74, 6) is -0.399. The molecule has 0 atom stereocenters. The molecule has 2 aromatic carbocycles. The Labute approximate surface area is 157 Å². The van der Waals surface area contributed by atoms with E-state index in [9.17, 15) is 13.2 Å². The van der Waals surface area contributed by atoms with Gasteiger partial charge >= 0.3 is 0 Å². The van der Waals surface area contributed by atoms with Crippen molar-refractivity contribution in [3.63, 3.8) is 0 Å². The van der Waals surface area contributed by atoms with Gasteiger partial charge in [0.1, 0.15) is 0 Å². The largest absolute Gasteiger partial charge is 0.379 e. The molecule has 0 bridgehead atoms. The number of carbonyl (C=O) groups excluding carboxylic acids is 1. The van der Waals surface area contributed by atoms with Crippen LogP contribution in [-0.4, -0.2) is 44.9 Å². The van der Waals surface area contributed by atoms with Crippen molar-refractivity contribution >= 4 is 33.2 Å². The highest BCUT2D eigenvalue weighted by Crippen LogP contribution is 2.22. The summed E-state index contributed by atoms with van der Waals surface area (Å²) in [6.07, 6.45) is 0. The summed E-state index contributed by atoms with van der Waals surface area (Å²) < 4.78 is 32.0. The Morgan fingerprint density at radius 3 is 2.58 bits per heavy atom. The first-order valence-electron chi connectivity index (χ1n) is 8.13. The van der Waals surface area contributed by atoms with Crippen LogP contribution in [0, 0.1) is 6.92 Å². The van der Waals surface area contributed by atoms with Gasteiger partial charge in [-0.3, -0.25) is 4.79 Å². The van der Waals surface area contributed by atoms with Gasteiger partial charge in [-0.25, -0.2) is 8.42 Å². The molecule has 1 fully saturated rings. The Morgan fingerprint density at radius 2 is 1.88 bits per heavy atom. The predicted octanol–water partition coefficient (Wildman–Crippen LogP) is 2.92. The van der Waals surface area contributed by atoms with Crippen LogP contribution in [0.5, 0.6) is 0 Å². The van der Waals surface area contributed by atoms with Crippen LogP contribution in [0.2, 0.25) is 5.02 Å². The average Bonchev–Trinajstić information content (AvgIpc) is 2.65. The number of ether oxygens (including phenoxy) is 1. The van der Waals surface area contributed by atoms with Crippen LogP contribution < -0.4 is 5.32 Å². The summed E-state index contributed by atoms with van der Waals surface area (Å²) in [7, 11) is -3.65. The fraction of sp³-hybridized carbons (Fsp3) is 0.278. The van der Waals surface area contributed by atoms with Crippen molar-refractivity contribution in [1.29, 1.82) is 0 Å². The smallest absolute Gasteiger partial charge is 0.255 e. The molecule has 0 spiro atoms. The minimum absolute atomic E-state index is 0.0917. The van der Waals surface area contributed by atoms with Gasteiger partial charge in [0, 0.05) is 29.4 Å².